The molecule has 31 heavy (non-hydrogen) atoms. The van der Waals surface area contributed by atoms with Gasteiger partial charge in [0.15, 0.2) is 17.5 Å². The number of aromatic nitrogens is 3. The van der Waals surface area contributed by atoms with Gasteiger partial charge in [-0.05, 0) is 43.2 Å². The van der Waals surface area contributed by atoms with Crippen LogP contribution < -0.4 is 20.1 Å². The maximum atomic E-state index is 5.94. The molecule has 3 aromatic rings. The minimum Gasteiger partial charge on any atom is -0.493 e. The van der Waals surface area contributed by atoms with Crippen LogP contribution in [-0.4, -0.2) is 40.9 Å². The maximum Gasteiger partial charge on any atom is 0.191 e. The summed E-state index contributed by atoms with van der Waals surface area (Å²) < 4.78 is 13.3. The smallest absolute Gasteiger partial charge is 0.191 e. The molecule has 1 atom stereocenters. The van der Waals surface area contributed by atoms with Gasteiger partial charge in [0, 0.05) is 26.1 Å². The molecule has 0 amide bonds. The number of nitrogens with one attached hydrogen (secondary N) is 2. The van der Waals surface area contributed by atoms with Gasteiger partial charge in [0.2, 0.25) is 0 Å². The number of methoxy groups -OCH3 is 1. The van der Waals surface area contributed by atoms with Crippen LogP contribution in [0.2, 0.25) is 0 Å². The summed E-state index contributed by atoms with van der Waals surface area (Å²) in [6, 6.07) is 15.9. The van der Waals surface area contributed by atoms with Gasteiger partial charge in [-0.3, -0.25) is 4.99 Å². The quantitative estimate of drug-likeness (QED) is 0.471. The lowest BCUT2D eigenvalue weighted by molar-refractivity contribution is 0.379. The highest BCUT2D eigenvalue weighted by Gasteiger charge is 2.21. The number of nitrogens with zero attached hydrogens (tertiary/aromatic N) is 4. The molecule has 1 aliphatic rings. The van der Waals surface area contributed by atoms with Crippen molar-refractivity contribution in [1.82, 2.24) is 25.4 Å². The van der Waals surface area contributed by atoms with E-state index in [1.165, 1.54) is 0 Å². The normalized spacial score (nSPS) is 15.8. The van der Waals surface area contributed by atoms with Gasteiger partial charge in [-0.15, -0.1) is 0 Å². The molecule has 162 valence electrons. The van der Waals surface area contributed by atoms with Gasteiger partial charge in [-0.25, -0.2) is 9.67 Å². The number of aliphatic imine (C=N–C) groups is 1. The summed E-state index contributed by atoms with van der Waals surface area (Å²) in [6.07, 6.45) is 1.93. The second-order valence-electron chi connectivity index (χ2n) is 7.46. The number of benzene rings is 2. The molecule has 0 radical (unpaired) electrons. The molecular weight excluding hydrogens is 392 g/mol. The van der Waals surface area contributed by atoms with Gasteiger partial charge >= 0.3 is 0 Å². The van der Waals surface area contributed by atoms with Crippen molar-refractivity contribution in [2.75, 3.05) is 14.2 Å². The van der Waals surface area contributed by atoms with Crippen molar-refractivity contribution < 1.29 is 9.47 Å². The summed E-state index contributed by atoms with van der Waals surface area (Å²) in [5, 5.41) is 11.3. The predicted octanol–water partition coefficient (Wildman–Crippen LogP) is 3.07. The van der Waals surface area contributed by atoms with Gasteiger partial charge in [-0.2, -0.15) is 5.10 Å². The summed E-state index contributed by atoms with van der Waals surface area (Å²) in [4.78, 5) is 8.83. The number of aryl methyl sites for hydroxylation is 2. The van der Waals surface area contributed by atoms with Crippen molar-refractivity contribution in [2.24, 2.45) is 4.99 Å². The lowest BCUT2D eigenvalue weighted by Crippen LogP contribution is -2.46. The van der Waals surface area contributed by atoms with Crippen molar-refractivity contribution in [3.63, 3.8) is 0 Å². The summed E-state index contributed by atoms with van der Waals surface area (Å²) >= 11 is 0. The average molecular weight is 421 g/mol. The third kappa shape index (κ3) is 5.14. The highest BCUT2D eigenvalue weighted by atomic mass is 16.5. The van der Waals surface area contributed by atoms with Crippen LogP contribution in [0.5, 0.6) is 17.2 Å². The molecular formula is C23H28N6O2. The second-order valence-corrected chi connectivity index (χ2v) is 7.46. The largest absolute Gasteiger partial charge is 0.493 e. The van der Waals surface area contributed by atoms with E-state index in [9.17, 15) is 0 Å². The molecule has 0 saturated heterocycles. The third-order valence-corrected chi connectivity index (χ3v) is 5.21. The van der Waals surface area contributed by atoms with Crippen LogP contribution in [0.15, 0.2) is 53.5 Å². The fraction of sp³-hybridized carbons (Fsp3) is 0.348. The molecule has 2 aromatic carbocycles. The van der Waals surface area contributed by atoms with Gasteiger partial charge in [0.1, 0.15) is 17.4 Å². The van der Waals surface area contributed by atoms with Crippen molar-refractivity contribution >= 4 is 5.96 Å². The minimum atomic E-state index is 0.274. The monoisotopic (exact) mass is 420 g/mol. The highest BCUT2D eigenvalue weighted by Crippen LogP contribution is 2.30. The van der Waals surface area contributed by atoms with E-state index < -0.39 is 0 Å². The Kier molecular flexibility index (Phi) is 6.35. The van der Waals surface area contributed by atoms with E-state index in [2.05, 4.69) is 25.7 Å². The Morgan fingerprint density at radius 3 is 2.68 bits per heavy atom. The minimum absolute atomic E-state index is 0.274. The fourth-order valence-corrected chi connectivity index (χ4v) is 3.63. The van der Waals surface area contributed by atoms with Gasteiger partial charge in [0.05, 0.1) is 13.7 Å². The van der Waals surface area contributed by atoms with Gasteiger partial charge < -0.3 is 20.1 Å². The maximum absolute atomic E-state index is 5.94. The lowest BCUT2D eigenvalue weighted by atomic mass is 10.1. The first-order valence-electron chi connectivity index (χ1n) is 10.4. The molecule has 0 spiro atoms. The van der Waals surface area contributed by atoms with Crippen LogP contribution in [0.4, 0.5) is 0 Å². The Hall–Kier alpha value is -3.55. The zero-order valence-corrected chi connectivity index (χ0v) is 18.1. The first-order chi connectivity index (χ1) is 15.1. The molecule has 0 fully saturated rings. The van der Waals surface area contributed by atoms with Crippen LogP contribution in [0, 0.1) is 6.92 Å². The number of para-hydroxylation sites is 2. The molecule has 0 bridgehead atoms. The van der Waals surface area contributed by atoms with Gasteiger partial charge in [-0.1, -0.05) is 24.3 Å². The zero-order chi connectivity index (χ0) is 21.6. The first kappa shape index (κ1) is 20.7. The van der Waals surface area contributed by atoms with Crippen molar-refractivity contribution in [3.8, 4) is 17.2 Å². The van der Waals surface area contributed by atoms with Crippen LogP contribution >= 0.6 is 0 Å². The van der Waals surface area contributed by atoms with Crippen LogP contribution in [0.25, 0.3) is 0 Å². The Balaban J connectivity index is 1.30. The Labute approximate surface area is 182 Å². The number of guanidine groups is 1. The second kappa shape index (κ2) is 9.51. The zero-order valence-electron chi connectivity index (χ0n) is 18.1. The Morgan fingerprint density at radius 2 is 1.94 bits per heavy atom. The number of fused-ring (bicyclic) bond motifs is 1. The Morgan fingerprint density at radius 1 is 1.16 bits per heavy atom. The number of hydrogen-bond donors (Lipinski definition) is 2. The van der Waals surface area contributed by atoms with Crippen molar-refractivity contribution in [1.29, 1.82) is 0 Å². The standard InChI is InChI=1S/C23H28N6O2/c1-16-26-22-13-10-18(15-29(22)28-16)27-23(24-2)25-14-17-8-11-19(12-9-17)31-21-7-5-4-6-20(21)30-3/h4-9,11-12,18H,10,13-15H2,1-3H3,(H2,24,25,27). The summed E-state index contributed by atoms with van der Waals surface area (Å²) in [5.74, 6) is 4.83. The highest BCUT2D eigenvalue weighted by molar-refractivity contribution is 5.79. The molecule has 1 unspecified atom stereocenters. The number of hydrogen-bond acceptors (Lipinski definition) is 5. The van der Waals surface area contributed by atoms with E-state index in [1.54, 1.807) is 14.2 Å². The average Bonchev–Trinajstić information content (AvgIpc) is 3.17. The summed E-state index contributed by atoms with van der Waals surface area (Å²) in [5.41, 5.74) is 1.13. The molecule has 4 rings (SSSR count). The lowest BCUT2D eigenvalue weighted by Gasteiger charge is -2.25. The van der Waals surface area contributed by atoms with Crippen LogP contribution in [0.1, 0.15) is 23.6 Å². The Bertz CT molecular complexity index is 1040. The van der Waals surface area contributed by atoms with Crippen LogP contribution in [0.3, 0.4) is 0 Å². The molecule has 1 aromatic heterocycles. The van der Waals surface area contributed by atoms with Crippen molar-refractivity contribution in [2.45, 2.75) is 38.9 Å². The first-order valence-corrected chi connectivity index (χ1v) is 10.4. The third-order valence-electron chi connectivity index (χ3n) is 5.21. The SMILES string of the molecule is CN=C(NCc1ccc(Oc2ccccc2OC)cc1)NC1CCc2nc(C)nn2C1. The van der Waals surface area contributed by atoms with E-state index in [-0.39, 0.29) is 6.04 Å². The van der Waals surface area contributed by atoms with E-state index in [0.29, 0.717) is 18.0 Å². The summed E-state index contributed by atoms with van der Waals surface area (Å²) in [6.45, 7) is 3.39. The van der Waals surface area contributed by atoms with E-state index in [1.807, 2.05) is 60.1 Å². The van der Waals surface area contributed by atoms with Crippen LogP contribution in [-0.2, 0) is 19.5 Å². The summed E-state index contributed by atoms with van der Waals surface area (Å²) in [7, 11) is 3.42. The topological polar surface area (TPSA) is 85.6 Å². The molecule has 2 heterocycles. The van der Waals surface area contributed by atoms with E-state index >= 15 is 0 Å². The fourth-order valence-electron chi connectivity index (χ4n) is 3.63. The number of rotatable bonds is 6. The van der Waals surface area contributed by atoms with Gasteiger partial charge in [0.25, 0.3) is 0 Å². The molecule has 2 N–H and O–H groups in total. The van der Waals surface area contributed by atoms with E-state index in [4.69, 9.17) is 9.47 Å². The van der Waals surface area contributed by atoms with Crippen molar-refractivity contribution in [3.05, 3.63) is 65.7 Å². The molecule has 0 aliphatic carbocycles. The molecule has 0 saturated carbocycles. The molecule has 8 heteroatoms. The van der Waals surface area contributed by atoms with E-state index in [0.717, 1.165) is 48.3 Å². The number of ether oxygens (including phenoxy) is 2. The molecule has 1 aliphatic heterocycles. The molecule has 8 nitrogen and oxygen atoms in total. The predicted molar refractivity (Wildman–Crippen MR) is 120 cm³/mol.